The maximum absolute atomic E-state index is 12.5. The predicted octanol–water partition coefficient (Wildman–Crippen LogP) is 2.38. The number of rotatable bonds is 10. The zero-order valence-electron chi connectivity index (χ0n) is 15.7. The smallest absolute Gasteiger partial charge is 0.234 e. The fourth-order valence-electron chi connectivity index (χ4n) is 2.98. The summed E-state index contributed by atoms with van der Waals surface area (Å²) in [5, 5.41) is 3.06. The van der Waals surface area contributed by atoms with Crippen molar-refractivity contribution in [3.05, 3.63) is 65.7 Å². The monoisotopic (exact) mass is 355 g/mol. The SMILES string of the molecule is COc1ccccc1C(C)NC(=O)CN(CCN)CCc1ccccc1. The Balaban J connectivity index is 1.90. The third-order valence-corrected chi connectivity index (χ3v) is 4.35. The highest BCUT2D eigenvalue weighted by Crippen LogP contribution is 2.24. The van der Waals surface area contributed by atoms with Crippen LogP contribution in [0.4, 0.5) is 0 Å². The van der Waals surface area contributed by atoms with Gasteiger partial charge in [-0.15, -0.1) is 0 Å². The standard InChI is InChI=1S/C21H29N3O2/c1-17(19-10-6-7-11-20(19)26-2)23-21(25)16-24(15-13-22)14-12-18-8-4-3-5-9-18/h3-11,17H,12-16,22H2,1-2H3,(H,23,25). The number of methoxy groups -OCH3 is 1. The van der Waals surface area contributed by atoms with Crippen LogP contribution in [0.15, 0.2) is 54.6 Å². The highest BCUT2D eigenvalue weighted by atomic mass is 16.5. The van der Waals surface area contributed by atoms with Crippen LogP contribution in [0.2, 0.25) is 0 Å². The molecule has 5 nitrogen and oxygen atoms in total. The van der Waals surface area contributed by atoms with Crippen molar-refractivity contribution in [2.45, 2.75) is 19.4 Å². The first-order chi connectivity index (χ1) is 12.6. The van der Waals surface area contributed by atoms with Crippen molar-refractivity contribution in [1.82, 2.24) is 10.2 Å². The van der Waals surface area contributed by atoms with E-state index in [1.807, 2.05) is 49.4 Å². The molecule has 26 heavy (non-hydrogen) atoms. The minimum absolute atomic E-state index is 0.00934. The molecule has 1 unspecified atom stereocenters. The van der Waals surface area contributed by atoms with Crippen molar-refractivity contribution in [1.29, 1.82) is 0 Å². The normalized spacial score (nSPS) is 12.0. The van der Waals surface area contributed by atoms with Gasteiger partial charge in [-0.2, -0.15) is 0 Å². The molecule has 2 aromatic rings. The molecule has 0 aliphatic rings. The molecular formula is C21H29N3O2. The van der Waals surface area contributed by atoms with Gasteiger partial charge in [-0.3, -0.25) is 9.69 Å². The fourth-order valence-corrected chi connectivity index (χ4v) is 2.98. The van der Waals surface area contributed by atoms with Crippen molar-refractivity contribution in [3.8, 4) is 5.75 Å². The summed E-state index contributed by atoms with van der Waals surface area (Å²) in [4.78, 5) is 14.6. The summed E-state index contributed by atoms with van der Waals surface area (Å²) in [5.41, 5.74) is 7.95. The molecule has 2 aromatic carbocycles. The molecule has 0 aliphatic carbocycles. The second-order valence-electron chi connectivity index (χ2n) is 6.33. The van der Waals surface area contributed by atoms with Crippen LogP contribution in [-0.2, 0) is 11.2 Å². The lowest BCUT2D eigenvalue weighted by Crippen LogP contribution is -2.41. The van der Waals surface area contributed by atoms with E-state index in [0.29, 0.717) is 19.6 Å². The van der Waals surface area contributed by atoms with E-state index in [4.69, 9.17) is 10.5 Å². The Kier molecular flexibility index (Phi) is 8.12. The van der Waals surface area contributed by atoms with Gasteiger partial charge in [0, 0.05) is 25.2 Å². The summed E-state index contributed by atoms with van der Waals surface area (Å²) in [6, 6.07) is 17.9. The molecule has 0 saturated heterocycles. The molecule has 1 atom stereocenters. The summed E-state index contributed by atoms with van der Waals surface area (Å²) >= 11 is 0. The van der Waals surface area contributed by atoms with Crippen molar-refractivity contribution < 1.29 is 9.53 Å². The number of carbonyl (C=O) groups excluding carboxylic acids is 1. The number of hydrogen-bond donors (Lipinski definition) is 2. The minimum Gasteiger partial charge on any atom is -0.496 e. The number of para-hydroxylation sites is 1. The fraction of sp³-hybridized carbons (Fsp3) is 0.381. The number of amides is 1. The van der Waals surface area contributed by atoms with Crippen LogP contribution < -0.4 is 15.8 Å². The lowest BCUT2D eigenvalue weighted by Gasteiger charge is -2.23. The predicted molar refractivity (Wildman–Crippen MR) is 105 cm³/mol. The molecule has 5 heteroatoms. The molecule has 140 valence electrons. The first-order valence-electron chi connectivity index (χ1n) is 9.02. The molecule has 0 radical (unpaired) electrons. The molecule has 0 aliphatic heterocycles. The average molecular weight is 355 g/mol. The Labute approximate surface area is 156 Å². The van der Waals surface area contributed by atoms with Crippen molar-refractivity contribution in [2.24, 2.45) is 5.73 Å². The van der Waals surface area contributed by atoms with Gasteiger partial charge in [0.05, 0.1) is 19.7 Å². The highest BCUT2D eigenvalue weighted by Gasteiger charge is 2.16. The van der Waals surface area contributed by atoms with Crippen molar-refractivity contribution in [2.75, 3.05) is 33.3 Å². The van der Waals surface area contributed by atoms with Gasteiger partial charge >= 0.3 is 0 Å². The van der Waals surface area contributed by atoms with E-state index in [1.165, 1.54) is 5.56 Å². The first kappa shape index (κ1) is 19.9. The Morgan fingerprint density at radius 1 is 1.12 bits per heavy atom. The summed E-state index contributed by atoms with van der Waals surface area (Å²) < 4.78 is 5.38. The van der Waals surface area contributed by atoms with E-state index >= 15 is 0 Å². The summed E-state index contributed by atoms with van der Waals surface area (Å²) in [6.07, 6.45) is 0.899. The number of ether oxygens (including phenoxy) is 1. The number of nitrogens with one attached hydrogen (secondary N) is 1. The van der Waals surface area contributed by atoms with E-state index < -0.39 is 0 Å². The zero-order valence-corrected chi connectivity index (χ0v) is 15.7. The number of nitrogens with two attached hydrogens (primary N) is 1. The largest absolute Gasteiger partial charge is 0.496 e. The van der Waals surface area contributed by atoms with Crippen LogP contribution in [0.1, 0.15) is 24.1 Å². The molecular weight excluding hydrogens is 326 g/mol. The molecule has 0 spiro atoms. The number of hydrogen-bond acceptors (Lipinski definition) is 4. The van der Waals surface area contributed by atoms with Gasteiger partial charge in [0.2, 0.25) is 5.91 Å². The van der Waals surface area contributed by atoms with Crippen LogP contribution in [0.25, 0.3) is 0 Å². The third kappa shape index (κ3) is 6.17. The van der Waals surface area contributed by atoms with E-state index in [-0.39, 0.29) is 11.9 Å². The molecule has 0 saturated carbocycles. The van der Waals surface area contributed by atoms with Crippen LogP contribution in [0.3, 0.4) is 0 Å². The second kappa shape index (κ2) is 10.6. The summed E-state index contributed by atoms with van der Waals surface area (Å²) in [7, 11) is 1.64. The topological polar surface area (TPSA) is 67.6 Å². The minimum atomic E-state index is -0.118. The number of carbonyl (C=O) groups is 1. The summed E-state index contributed by atoms with van der Waals surface area (Å²) in [5.74, 6) is 0.771. The molecule has 0 heterocycles. The molecule has 2 rings (SSSR count). The van der Waals surface area contributed by atoms with Gasteiger partial charge in [0.15, 0.2) is 0 Å². The van der Waals surface area contributed by atoms with Gasteiger partial charge in [-0.25, -0.2) is 0 Å². The van der Waals surface area contributed by atoms with E-state index in [2.05, 4.69) is 22.3 Å². The quantitative estimate of drug-likeness (QED) is 0.687. The van der Waals surface area contributed by atoms with Crippen LogP contribution in [0, 0.1) is 0 Å². The maximum Gasteiger partial charge on any atom is 0.234 e. The van der Waals surface area contributed by atoms with Gasteiger partial charge in [-0.1, -0.05) is 48.5 Å². The number of nitrogens with zero attached hydrogens (tertiary/aromatic N) is 1. The average Bonchev–Trinajstić information content (AvgIpc) is 2.67. The second-order valence-corrected chi connectivity index (χ2v) is 6.33. The van der Waals surface area contributed by atoms with Crippen molar-refractivity contribution in [3.63, 3.8) is 0 Å². The summed E-state index contributed by atoms with van der Waals surface area (Å²) in [6.45, 7) is 4.33. The van der Waals surface area contributed by atoms with Crippen LogP contribution in [-0.4, -0.2) is 44.1 Å². The molecule has 0 fully saturated rings. The van der Waals surface area contributed by atoms with Crippen LogP contribution >= 0.6 is 0 Å². The zero-order chi connectivity index (χ0) is 18.8. The Morgan fingerprint density at radius 2 is 1.81 bits per heavy atom. The van der Waals surface area contributed by atoms with Gasteiger partial charge < -0.3 is 15.8 Å². The Bertz CT molecular complexity index is 676. The van der Waals surface area contributed by atoms with Gasteiger partial charge in [-0.05, 0) is 25.0 Å². The van der Waals surface area contributed by atoms with Gasteiger partial charge in [0.25, 0.3) is 0 Å². The van der Waals surface area contributed by atoms with Crippen LogP contribution in [0.5, 0.6) is 5.75 Å². The third-order valence-electron chi connectivity index (χ3n) is 4.35. The van der Waals surface area contributed by atoms with Gasteiger partial charge in [0.1, 0.15) is 5.75 Å². The van der Waals surface area contributed by atoms with Crippen molar-refractivity contribution >= 4 is 5.91 Å². The first-order valence-corrected chi connectivity index (χ1v) is 9.02. The van der Waals surface area contributed by atoms with E-state index in [0.717, 1.165) is 24.3 Å². The molecule has 1 amide bonds. The maximum atomic E-state index is 12.5. The lowest BCUT2D eigenvalue weighted by atomic mass is 10.1. The highest BCUT2D eigenvalue weighted by molar-refractivity contribution is 5.78. The van der Waals surface area contributed by atoms with E-state index in [1.54, 1.807) is 7.11 Å². The lowest BCUT2D eigenvalue weighted by molar-refractivity contribution is -0.122. The molecule has 0 bridgehead atoms. The Morgan fingerprint density at radius 3 is 2.50 bits per heavy atom. The van der Waals surface area contributed by atoms with E-state index in [9.17, 15) is 4.79 Å². The molecule has 0 aromatic heterocycles. The number of benzene rings is 2. The Hall–Kier alpha value is -2.37. The molecule has 3 N–H and O–H groups in total.